The third-order valence-corrected chi connectivity index (χ3v) is 0. The normalized spacial score (nSPS) is 0. The van der Waals surface area contributed by atoms with Crippen LogP contribution in [0.4, 0.5) is 0 Å². The van der Waals surface area contributed by atoms with Gasteiger partial charge in [-0.05, 0) is 0 Å². The van der Waals surface area contributed by atoms with Crippen molar-refractivity contribution in [2.75, 3.05) is 0 Å². The monoisotopic (exact) mass is 74.1 g/mol. The first-order chi connectivity index (χ1) is 0. The Bertz CT molecular complexity index is 12.9. The zero-order chi connectivity index (χ0) is 0. The molecule has 0 aliphatic carbocycles. The van der Waals surface area contributed by atoms with Crippen LogP contribution in [0.1, 0.15) is 19.1 Å². The van der Waals surface area contributed by atoms with E-state index in [-0.39, 0.29) is 55.4 Å². The van der Waals surface area contributed by atoms with Crippen molar-refractivity contribution in [3.05, 3.63) is 0 Å². The van der Waals surface area contributed by atoms with Crippen molar-refractivity contribution in [1.29, 1.82) is 0 Å². The van der Waals surface area contributed by atoms with E-state index in [1.165, 1.54) is 0 Å². The van der Waals surface area contributed by atoms with Gasteiger partial charge < -0.3 is 1.43 Å². The van der Waals surface area contributed by atoms with Gasteiger partial charge in [0.25, 0.3) is 0 Å². The molecule has 28 valence electrons. The minimum absolute atomic E-state index is 0. The van der Waals surface area contributed by atoms with Crippen molar-refractivity contribution in [2.45, 2.75) is 14.9 Å². The first-order valence-electron chi connectivity index (χ1n) is 0. The predicted molar refractivity (Wildman–Crippen MR) is 28.7 cm³/mol. The fourth-order valence-corrected chi connectivity index (χ4v) is 0. The minimum Gasteiger partial charge on any atom is -1.00 e. The summed E-state index contributed by atoms with van der Waals surface area (Å²) in [5, 5.41) is 0. The molecule has 0 aliphatic rings. The molecule has 4 heavy (non-hydrogen) atoms. The molecule has 0 fully saturated rings. The van der Waals surface area contributed by atoms with Crippen LogP contribution in [0.3, 0.4) is 0 Å². The maximum atomic E-state index is 0. The Balaban J connectivity index is 0. The number of hydrogen-bond acceptors (Lipinski definition) is 0. The van der Waals surface area contributed by atoms with Gasteiger partial charge in [0, 0.05) is 2.85 Å². The zero-order valence-corrected chi connectivity index (χ0v) is 1.00. The van der Waals surface area contributed by atoms with E-state index in [0.29, 0.717) is 0 Å². The molecule has 0 N–H and O–H groups in total. The molecule has 0 bridgehead atoms. The Hall–Kier alpha value is 1.13. The van der Waals surface area contributed by atoms with Crippen LogP contribution in [0.15, 0.2) is 0 Å². The summed E-state index contributed by atoms with van der Waals surface area (Å²) in [6.45, 7) is 0. The fraction of sp³-hybridized carbons (Fsp3) is 1.00. The summed E-state index contributed by atoms with van der Waals surface area (Å²) < 4.78 is 0. The van der Waals surface area contributed by atoms with Gasteiger partial charge in [-0.3, -0.25) is 0 Å². The van der Waals surface area contributed by atoms with Gasteiger partial charge in [-0.2, -0.15) is 0 Å². The largest absolute Gasteiger partial charge is 1.00 e. The summed E-state index contributed by atoms with van der Waals surface area (Å²) in [6.07, 6.45) is 0. The third kappa shape index (κ3) is 11.1. The Kier molecular flexibility index (Phi) is 543. The van der Waals surface area contributed by atoms with Gasteiger partial charge in [-0.25, -0.2) is 0 Å². The van der Waals surface area contributed by atoms with E-state index in [1.807, 2.05) is 0 Å². The van der Waals surface area contributed by atoms with E-state index in [2.05, 4.69) is 0 Å². The van der Waals surface area contributed by atoms with Crippen molar-refractivity contribution >= 4 is 17.4 Å². The average molecular weight is 74.1 g/mol. The van der Waals surface area contributed by atoms with E-state index in [1.54, 1.807) is 0 Å². The molecule has 0 unspecified atom stereocenters. The van der Waals surface area contributed by atoms with Gasteiger partial charge in [0.15, 0.2) is 17.4 Å². The summed E-state index contributed by atoms with van der Waals surface area (Å²) in [5.41, 5.74) is 0. The van der Waals surface area contributed by atoms with Gasteiger partial charge in [0.2, 0.25) is 0 Å². The Morgan fingerprint density at radius 3 is 1.25 bits per heavy atom. The molecular formula is C2H16AlLi. The quantitative estimate of drug-likeness (QED) is 0.283. The molecule has 0 radical (unpaired) electrons. The fourth-order valence-electron chi connectivity index (χ4n) is 0. The van der Waals surface area contributed by atoms with E-state index < -0.39 is 0 Å². The first-order valence-corrected chi connectivity index (χ1v) is 0. The number of hydrogen-bond donors (Lipinski definition) is 0. The van der Waals surface area contributed by atoms with Crippen LogP contribution in [0.2, 0.25) is 0 Å². The van der Waals surface area contributed by atoms with Gasteiger partial charge >= 0.3 is 18.9 Å². The second-order valence-electron chi connectivity index (χ2n) is 0. The van der Waals surface area contributed by atoms with Gasteiger partial charge in [0.05, 0.1) is 0 Å². The van der Waals surface area contributed by atoms with Crippen molar-refractivity contribution in [3.8, 4) is 0 Å². The molecule has 0 rings (SSSR count). The molecule has 0 atom stereocenters. The van der Waals surface area contributed by atoms with E-state index in [4.69, 9.17) is 0 Å². The summed E-state index contributed by atoms with van der Waals surface area (Å²) in [7, 11) is 0. The summed E-state index contributed by atoms with van der Waals surface area (Å²) in [6, 6.07) is 0. The molecule has 0 aromatic rings. The first kappa shape index (κ1) is 68.5. The smallest absolute Gasteiger partial charge is 1.00 e. The molecule has 0 aromatic carbocycles. The van der Waals surface area contributed by atoms with Gasteiger partial charge in [-0.1, -0.05) is 14.9 Å². The van der Waals surface area contributed by atoms with Crippen LogP contribution >= 0.6 is 0 Å². The maximum Gasteiger partial charge on any atom is 1.00 e. The predicted octanol–water partition coefficient (Wildman–Crippen LogP) is -2.30. The molecule has 0 aromatic heterocycles. The molecule has 0 aliphatic heterocycles. The standard InChI is InChI=1S/2CH4.Al.Li.2H2.4H/h2*1H4;;;2*1H;;;;/q;;;+1;;;;;;-1. The zero-order valence-electron chi connectivity index (χ0n) is 2.00. The molecule has 0 spiro atoms. The van der Waals surface area contributed by atoms with Crippen LogP contribution < -0.4 is 18.9 Å². The Morgan fingerprint density at radius 1 is 1.25 bits per heavy atom. The second kappa shape index (κ2) is 31.7. The summed E-state index contributed by atoms with van der Waals surface area (Å²) in [5.74, 6) is 0. The number of rotatable bonds is 0. The van der Waals surface area contributed by atoms with Gasteiger partial charge in [-0.15, -0.1) is 0 Å². The van der Waals surface area contributed by atoms with Crippen LogP contribution in [-0.2, 0) is 0 Å². The molecular weight excluding hydrogens is 57.9 g/mol. The van der Waals surface area contributed by atoms with Crippen molar-refractivity contribution in [2.24, 2.45) is 0 Å². The second-order valence-corrected chi connectivity index (χ2v) is 0. The topological polar surface area (TPSA) is 0 Å². The average Bonchev–Trinajstić information content (AvgIpc) is 0. The third-order valence-electron chi connectivity index (χ3n) is 0. The van der Waals surface area contributed by atoms with Crippen LogP contribution in [0.25, 0.3) is 0 Å². The minimum atomic E-state index is 0. The van der Waals surface area contributed by atoms with Crippen molar-refractivity contribution in [3.63, 3.8) is 0 Å². The Morgan fingerprint density at radius 2 is 1.25 bits per heavy atom. The van der Waals surface area contributed by atoms with E-state index >= 15 is 0 Å². The Labute approximate surface area is 55.7 Å². The molecule has 0 saturated heterocycles. The van der Waals surface area contributed by atoms with E-state index in [0.717, 1.165) is 0 Å². The molecule has 0 amide bonds. The van der Waals surface area contributed by atoms with Crippen LogP contribution in [0.5, 0.6) is 0 Å². The van der Waals surface area contributed by atoms with Crippen molar-refractivity contribution < 1.29 is 23.1 Å². The van der Waals surface area contributed by atoms with Gasteiger partial charge in [0.1, 0.15) is 0 Å². The van der Waals surface area contributed by atoms with E-state index in [9.17, 15) is 0 Å². The SMILES string of the molecule is C.C.[AlH3].[H-].[HH].[HH].[Li+]. The summed E-state index contributed by atoms with van der Waals surface area (Å²) in [4.78, 5) is 0. The van der Waals surface area contributed by atoms with Crippen molar-refractivity contribution in [1.82, 2.24) is 0 Å². The van der Waals surface area contributed by atoms with Crippen LogP contribution in [0, 0.1) is 0 Å². The maximum absolute atomic E-state index is 0. The molecule has 0 nitrogen and oxygen atoms in total. The molecule has 0 saturated carbocycles. The molecule has 2 heteroatoms. The van der Waals surface area contributed by atoms with Crippen LogP contribution in [-0.4, -0.2) is 17.4 Å². The molecule has 0 heterocycles. The summed E-state index contributed by atoms with van der Waals surface area (Å²) >= 11 is 0.